The molecule has 0 unspecified atom stereocenters. The second kappa shape index (κ2) is 8.15. The van der Waals surface area contributed by atoms with E-state index < -0.39 is 23.4 Å². The molecule has 0 saturated heterocycles. The predicted octanol–water partition coefficient (Wildman–Crippen LogP) is 3.77. The highest BCUT2D eigenvalue weighted by atomic mass is 35.5. The molecule has 1 heterocycles. The van der Waals surface area contributed by atoms with Gasteiger partial charge in [-0.25, -0.2) is 19.6 Å². The first-order chi connectivity index (χ1) is 11.3. The van der Waals surface area contributed by atoms with Crippen molar-refractivity contribution in [1.82, 2.24) is 15.6 Å². The topological polar surface area (TPSA) is 102 Å². The SMILES string of the molecule is CC(C)(C)OC(=O)NC(=Nc1ccnc(Cl)c1)NC(=O)OC(C)(C)C. The molecule has 25 heavy (non-hydrogen) atoms. The molecule has 0 aliphatic carbocycles. The van der Waals surface area contributed by atoms with Gasteiger partial charge in [-0.1, -0.05) is 11.6 Å². The Hall–Kier alpha value is -2.35. The van der Waals surface area contributed by atoms with Crippen LogP contribution in [0.15, 0.2) is 23.3 Å². The van der Waals surface area contributed by atoms with Gasteiger partial charge in [0.05, 0.1) is 5.69 Å². The molecule has 2 N–H and O–H groups in total. The van der Waals surface area contributed by atoms with Crippen molar-refractivity contribution in [2.24, 2.45) is 4.99 Å². The van der Waals surface area contributed by atoms with Gasteiger partial charge in [-0.2, -0.15) is 0 Å². The second-order valence-corrected chi connectivity index (χ2v) is 7.44. The number of amides is 2. The molecule has 1 aromatic heterocycles. The number of hydrogen-bond donors (Lipinski definition) is 2. The van der Waals surface area contributed by atoms with Gasteiger partial charge in [-0.15, -0.1) is 0 Å². The highest BCUT2D eigenvalue weighted by Gasteiger charge is 2.21. The third-order valence-corrected chi connectivity index (χ3v) is 2.40. The van der Waals surface area contributed by atoms with E-state index in [1.165, 1.54) is 12.3 Å². The Morgan fingerprint density at radius 1 is 1.04 bits per heavy atom. The molecule has 9 heteroatoms. The fraction of sp³-hybridized carbons (Fsp3) is 0.500. The molecule has 0 fully saturated rings. The molecule has 0 aliphatic rings. The van der Waals surface area contributed by atoms with Gasteiger partial charge in [-0.05, 0) is 47.6 Å². The van der Waals surface area contributed by atoms with Gasteiger partial charge in [0.15, 0.2) is 0 Å². The monoisotopic (exact) mass is 370 g/mol. The first-order valence-electron chi connectivity index (χ1n) is 7.54. The second-order valence-electron chi connectivity index (χ2n) is 7.05. The van der Waals surface area contributed by atoms with Crippen molar-refractivity contribution in [3.63, 3.8) is 0 Å². The third-order valence-electron chi connectivity index (χ3n) is 2.19. The number of halogens is 1. The van der Waals surface area contributed by atoms with Crippen LogP contribution in [0.2, 0.25) is 5.15 Å². The summed E-state index contributed by atoms with van der Waals surface area (Å²) in [5.41, 5.74) is -1.04. The fourth-order valence-electron chi connectivity index (χ4n) is 1.48. The number of hydrogen-bond acceptors (Lipinski definition) is 6. The summed E-state index contributed by atoms with van der Waals surface area (Å²) < 4.78 is 10.3. The van der Waals surface area contributed by atoms with Gasteiger partial charge >= 0.3 is 12.2 Å². The van der Waals surface area contributed by atoms with Gasteiger partial charge in [0.1, 0.15) is 16.4 Å². The van der Waals surface area contributed by atoms with E-state index >= 15 is 0 Å². The van der Waals surface area contributed by atoms with E-state index in [4.69, 9.17) is 21.1 Å². The van der Waals surface area contributed by atoms with Gasteiger partial charge in [0.2, 0.25) is 5.96 Å². The Kier molecular flexibility index (Phi) is 6.75. The van der Waals surface area contributed by atoms with Crippen LogP contribution in [0.3, 0.4) is 0 Å². The molecule has 1 rings (SSSR count). The Balaban J connectivity index is 2.97. The van der Waals surface area contributed by atoms with Crippen LogP contribution in [-0.2, 0) is 9.47 Å². The van der Waals surface area contributed by atoms with Crippen molar-refractivity contribution < 1.29 is 19.1 Å². The molecule has 0 aromatic carbocycles. The number of nitrogens with one attached hydrogen (secondary N) is 2. The van der Waals surface area contributed by atoms with Crippen molar-refractivity contribution >= 4 is 35.4 Å². The molecular formula is C16H23ClN4O4. The number of aliphatic imine (C=N–C) groups is 1. The minimum Gasteiger partial charge on any atom is -0.444 e. The van der Waals surface area contributed by atoms with Crippen molar-refractivity contribution in [1.29, 1.82) is 0 Å². The highest BCUT2D eigenvalue weighted by molar-refractivity contribution is 6.29. The predicted molar refractivity (Wildman–Crippen MR) is 95.1 cm³/mol. The summed E-state index contributed by atoms with van der Waals surface area (Å²) in [6, 6.07) is 3.02. The van der Waals surface area contributed by atoms with Crippen LogP contribution in [-0.4, -0.2) is 34.3 Å². The zero-order chi connectivity index (χ0) is 19.3. The lowest BCUT2D eigenvalue weighted by atomic mass is 10.2. The number of guanidine groups is 1. The van der Waals surface area contributed by atoms with E-state index in [9.17, 15) is 9.59 Å². The molecule has 2 amide bonds. The van der Waals surface area contributed by atoms with Crippen LogP contribution in [0.25, 0.3) is 0 Å². The highest BCUT2D eigenvalue weighted by Crippen LogP contribution is 2.15. The number of carbonyl (C=O) groups is 2. The molecular weight excluding hydrogens is 348 g/mol. The maximum atomic E-state index is 11.9. The smallest absolute Gasteiger partial charge is 0.414 e. The number of alkyl carbamates (subject to hydrolysis) is 2. The molecule has 0 bridgehead atoms. The van der Waals surface area contributed by atoms with Crippen molar-refractivity contribution in [2.45, 2.75) is 52.7 Å². The summed E-state index contributed by atoms with van der Waals surface area (Å²) in [5.74, 6) is -0.161. The summed E-state index contributed by atoms with van der Waals surface area (Å²) in [6.07, 6.45) is -0.107. The molecule has 0 saturated carbocycles. The van der Waals surface area contributed by atoms with Gasteiger partial charge < -0.3 is 9.47 Å². The lowest BCUT2D eigenvalue weighted by Gasteiger charge is -2.22. The number of nitrogens with zero attached hydrogens (tertiary/aromatic N) is 2. The zero-order valence-corrected chi connectivity index (χ0v) is 15.9. The standard InChI is InChI=1S/C16H23ClN4O4/c1-15(2,3)24-13(22)20-12(21-14(23)25-16(4,5)6)19-10-7-8-18-11(17)9-10/h7-9H,1-6H3,(H2,18,19,20,21,22,23). The van der Waals surface area contributed by atoms with Crippen LogP contribution in [0, 0.1) is 0 Å². The van der Waals surface area contributed by atoms with E-state index in [1.807, 2.05) is 0 Å². The van der Waals surface area contributed by atoms with Crippen LogP contribution in [0.5, 0.6) is 0 Å². The fourth-order valence-corrected chi connectivity index (χ4v) is 1.65. The minimum absolute atomic E-state index is 0.161. The van der Waals surface area contributed by atoms with E-state index in [-0.39, 0.29) is 11.1 Å². The van der Waals surface area contributed by atoms with Gasteiger partial charge in [-0.3, -0.25) is 10.6 Å². The first-order valence-corrected chi connectivity index (χ1v) is 7.92. The molecule has 8 nitrogen and oxygen atoms in total. The lowest BCUT2D eigenvalue weighted by Crippen LogP contribution is -2.47. The number of rotatable bonds is 1. The molecule has 0 spiro atoms. The van der Waals surface area contributed by atoms with Gasteiger partial charge in [0, 0.05) is 12.3 Å². The summed E-state index contributed by atoms with van der Waals surface area (Å²) in [7, 11) is 0. The summed E-state index contributed by atoms with van der Waals surface area (Å²) in [5, 5.41) is 4.96. The number of ether oxygens (including phenoxy) is 2. The van der Waals surface area contributed by atoms with E-state index in [1.54, 1.807) is 47.6 Å². The number of pyridine rings is 1. The maximum absolute atomic E-state index is 11.9. The average molecular weight is 371 g/mol. The largest absolute Gasteiger partial charge is 0.444 e. The van der Waals surface area contributed by atoms with Crippen LogP contribution < -0.4 is 10.6 Å². The Bertz CT molecular complexity index is 631. The number of carbonyl (C=O) groups excluding carboxylic acids is 2. The average Bonchev–Trinajstić information content (AvgIpc) is 2.33. The van der Waals surface area contributed by atoms with Crippen molar-refractivity contribution in [3.05, 3.63) is 23.5 Å². The third kappa shape index (κ3) is 9.51. The van der Waals surface area contributed by atoms with E-state index in [0.717, 1.165) is 0 Å². The van der Waals surface area contributed by atoms with Crippen molar-refractivity contribution in [2.75, 3.05) is 0 Å². The van der Waals surface area contributed by atoms with Crippen molar-refractivity contribution in [3.8, 4) is 0 Å². The summed E-state index contributed by atoms with van der Waals surface area (Å²) >= 11 is 5.81. The number of aromatic nitrogens is 1. The van der Waals surface area contributed by atoms with Gasteiger partial charge in [0.25, 0.3) is 0 Å². The Labute approximate surface area is 152 Å². The summed E-state index contributed by atoms with van der Waals surface area (Å²) in [4.78, 5) is 31.9. The van der Waals surface area contributed by atoms with E-state index in [0.29, 0.717) is 5.69 Å². The molecule has 0 radical (unpaired) electrons. The summed E-state index contributed by atoms with van der Waals surface area (Å²) in [6.45, 7) is 10.3. The quantitative estimate of drug-likeness (QED) is 0.445. The van der Waals surface area contributed by atoms with Crippen LogP contribution in [0.4, 0.5) is 15.3 Å². The maximum Gasteiger partial charge on any atom is 0.414 e. The van der Waals surface area contributed by atoms with Crippen LogP contribution >= 0.6 is 11.6 Å². The first kappa shape index (κ1) is 20.7. The molecule has 138 valence electrons. The normalized spacial score (nSPS) is 11.3. The zero-order valence-electron chi connectivity index (χ0n) is 15.1. The molecule has 0 aliphatic heterocycles. The van der Waals surface area contributed by atoms with E-state index in [2.05, 4.69) is 20.6 Å². The minimum atomic E-state index is -0.775. The Morgan fingerprint density at radius 2 is 1.52 bits per heavy atom. The lowest BCUT2D eigenvalue weighted by molar-refractivity contribution is 0.0545. The molecule has 1 aromatic rings. The Morgan fingerprint density at radius 3 is 1.92 bits per heavy atom. The molecule has 0 atom stereocenters. The van der Waals surface area contributed by atoms with Crippen LogP contribution in [0.1, 0.15) is 41.5 Å².